The van der Waals surface area contributed by atoms with Gasteiger partial charge in [-0.2, -0.15) is 5.10 Å². The second kappa shape index (κ2) is 9.91. The van der Waals surface area contributed by atoms with Gasteiger partial charge in [0.25, 0.3) is 0 Å². The second-order valence-corrected chi connectivity index (χ2v) is 9.99. The summed E-state index contributed by atoms with van der Waals surface area (Å²) >= 11 is 0. The van der Waals surface area contributed by atoms with Crippen LogP contribution in [0.25, 0.3) is 44.6 Å². The number of rotatable bonds is 7. The van der Waals surface area contributed by atoms with Gasteiger partial charge in [-0.25, -0.2) is 14.4 Å². The maximum absolute atomic E-state index is 14.6. The number of nitrogens with zero attached hydrogens (tertiary/aromatic N) is 4. The summed E-state index contributed by atoms with van der Waals surface area (Å²) in [4.78, 5) is 15.1. The van der Waals surface area contributed by atoms with Crippen LogP contribution in [0.5, 0.6) is 0 Å². The summed E-state index contributed by atoms with van der Waals surface area (Å²) in [6, 6.07) is 13.2. The number of likely N-dealkylation sites (N-methyl/N-ethyl adjacent to an activating group) is 1. The number of fused-ring (bicyclic) bond motifs is 2. The molecule has 4 N–H and O–H groups in total. The first-order valence-corrected chi connectivity index (χ1v) is 12.8. The molecule has 0 aliphatic carbocycles. The van der Waals surface area contributed by atoms with Crippen LogP contribution in [0.3, 0.4) is 0 Å². The molecule has 1 fully saturated rings. The lowest BCUT2D eigenvalue weighted by molar-refractivity contribution is 0.425. The van der Waals surface area contributed by atoms with Gasteiger partial charge in [0.1, 0.15) is 22.7 Å². The van der Waals surface area contributed by atoms with Gasteiger partial charge >= 0.3 is 0 Å². The van der Waals surface area contributed by atoms with Crippen molar-refractivity contribution >= 4 is 27.8 Å². The van der Waals surface area contributed by atoms with E-state index in [-0.39, 0.29) is 5.82 Å². The second-order valence-electron chi connectivity index (χ2n) is 9.99. The predicted octanol–water partition coefficient (Wildman–Crippen LogP) is 4.75. The number of hydrogen-bond acceptors (Lipinski definition) is 6. The van der Waals surface area contributed by atoms with Gasteiger partial charge in [-0.05, 0) is 93.6 Å². The van der Waals surface area contributed by atoms with Crippen molar-refractivity contribution in [1.82, 2.24) is 35.4 Å². The third kappa shape index (κ3) is 4.80. The quantitative estimate of drug-likeness (QED) is 0.259. The number of halogens is 1. The van der Waals surface area contributed by atoms with E-state index < -0.39 is 0 Å². The molecule has 1 aliphatic heterocycles. The number of anilines is 1. The Morgan fingerprint density at radius 2 is 1.95 bits per heavy atom. The van der Waals surface area contributed by atoms with Gasteiger partial charge in [0.15, 0.2) is 0 Å². The molecule has 5 aromatic rings. The predicted molar refractivity (Wildman–Crippen MR) is 146 cm³/mol. The van der Waals surface area contributed by atoms with Gasteiger partial charge in [0.05, 0.1) is 11.2 Å². The van der Waals surface area contributed by atoms with Gasteiger partial charge in [0, 0.05) is 42.0 Å². The zero-order chi connectivity index (χ0) is 25.4. The van der Waals surface area contributed by atoms with Crippen molar-refractivity contribution in [3.05, 3.63) is 60.2 Å². The summed E-state index contributed by atoms with van der Waals surface area (Å²) in [5, 5.41) is 15.4. The Bertz CT molecular complexity index is 1550. The molecule has 37 heavy (non-hydrogen) atoms. The molecule has 0 spiro atoms. The van der Waals surface area contributed by atoms with Crippen molar-refractivity contribution in [2.45, 2.75) is 18.8 Å². The van der Waals surface area contributed by atoms with E-state index in [9.17, 15) is 4.39 Å². The summed E-state index contributed by atoms with van der Waals surface area (Å²) in [6.07, 6.45) is 3.92. The molecule has 1 saturated heterocycles. The van der Waals surface area contributed by atoms with E-state index in [1.54, 1.807) is 12.3 Å². The van der Waals surface area contributed by atoms with Crippen LogP contribution in [0.15, 0.2) is 48.7 Å². The van der Waals surface area contributed by atoms with E-state index in [0.29, 0.717) is 5.92 Å². The summed E-state index contributed by atoms with van der Waals surface area (Å²) in [5.41, 5.74) is 7.64. The number of aromatic nitrogens is 5. The Kier molecular flexibility index (Phi) is 6.31. The highest BCUT2D eigenvalue weighted by Gasteiger charge is 2.20. The van der Waals surface area contributed by atoms with Crippen molar-refractivity contribution < 1.29 is 4.39 Å². The van der Waals surface area contributed by atoms with Crippen LogP contribution in [0, 0.1) is 5.82 Å². The number of piperidine rings is 1. The minimum atomic E-state index is -0.279. The number of nitrogens with one attached hydrogen (secondary N) is 4. The smallest absolute Gasteiger partial charge is 0.138 e. The molecular weight excluding hydrogens is 467 g/mol. The number of hydrogen-bond donors (Lipinski definition) is 4. The minimum absolute atomic E-state index is 0.279. The van der Waals surface area contributed by atoms with Gasteiger partial charge in [-0.3, -0.25) is 5.10 Å². The van der Waals surface area contributed by atoms with Crippen molar-refractivity contribution in [2.75, 3.05) is 45.6 Å². The maximum atomic E-state index is 14.6. The zero-order valence-corrected chi connectivity index (χ0v) is 21.1. The van der Waals surface area contributed by atoms with Crippen LogP contribution >= 0.6 is 0 Å². The number of aromatic amines is 2. The molecule has 0 bridgehead atoms. The normalized spacial score (nSPS) is 14.7. The first kappa shape index (κ1) is 23.6. The lowest BCUT2D eigenvalue weighted by Crippen LogP contribution is -2.27. The molecule has 0 unspecified atom stereocenters. The molecule has 8 nitrogen and oxygen atoms in total. The Labute approximate surface area is 214 Å². The van der Waals surface area contributed by atoms with Crippen LogP contribution in [0.1, 0.15) is 24.5 Å². The highest BCUT2D eigenvalue weighted by Crippen LogP contribution is 2.35. The number of H-pyrrole nitrogens is 2. The topological polar surface area (TPSA) is 97.5 Å². The summed E-state index contributed by atoms with van der Waals surface area (Å²) in [7, 11) is 4.03. The van der Waals surface area contributed by atoms with Gasteiger partial charge < -0.3 is 20.5 Å². The highest BCUT2D eigenvalue weighted by atomic mass is 19.1. The van der Waals surface area contributed by atoms with Gasteiger partial charge in [-0.15, -0.1) is 0 Å². The number of benzene rings is 1. The minimum Gasteiger partial charge on any atom is -0.384 e. The molecule has 0 saturated carbocycles. The summed E-state index contributed by atoms with van der Waals surface area (Å²) < 4.78 is 14.6. The molecule has 6 rings (SSSR count). The maximum Gasteiger partial charge on any atom is 0.138 e. The van der Waals surface area contributed by atoms with E-state index in [2.05, 4.69) is 47.8 Å². The average molecular weight is 499 g/mol. The summed E-state index contributed by atoms with van der Waals surface area (Å²) in [5.74, 6) is 0.177. The first-order valence-electron chi connectivity index (χ1n) is 12.8. The lowest BCUT2D eigenvalue weighted by Gasteiger charge is -2.22. The Morgan fingerprint density at radius 1 is 1.08 bits per heavy atom. The molecule has 1 aromatic carbocycles. The highest BCUT2D eigenvalue weighted by molar-refractivity contribution is 5.99. The van der Waals surface area contributed by atoms with E-state index in [1.165, 1.54) is 6.07 Å². The van der Waals surface area contributed by atoms with Crippen LogP contribution in [0.4, 0.5) is 10.1 Å². The fourth-order valence-electron chi connectivity index (χ4n) is 5.12. The standard InChI is InChI=1S/C28H31FN8/c1-37(2)12-11-31-20-14-18(13-19(29)15-20)21-7-10-32-28-22(21)16-25(34-28)27-26-24(35-36-27)4-3-23(33-26)17-5-8-30-9-6-17/h3-4,7,10,13-17,30-31H,5-6,8-9,11-12H2,1-2H3,(H,32,34)(H,35,36). The van der Waals surface area contributed by atoms with Gasteiger partial charge in [-0.1, -0.05) is 0 Å². The average Bonchev–Trinajstić information content (AvgIpc) is 3.52. The Balaban J connectivity index is 1.37. The fraction of sp³-hybridized carbons (Fsp3) is 0.321. The molecule has 0 amide bonds. The largest absolute Gasteiger partial charge is 0.384 e. The molecular formula is C28H31FN8. The van der Waals surface area contributed by atoms with E-state index in [4.69, 9.17) is 4.98 Å². The molecule has 4 aromatic heterocycles. The van der Waals surface area contributed by atoms with Gasteiger partial charge in [0.2, 0.25) is 0 Å². The SMILES string of the molecule is CN(C)CCNc1cc(F)cc(-c2ccnc3[nH]c(-c4n[nH]c5ccc(C6CCNCC6)nc45)cc23)c1. The van der Waals surface area contributed by atoms with Crippen LogP contribution in [-0.4, -0.2) is 70.3 Å². The van der Waals surface area contributed by atoms with Crippen LogP contribution in [-0.2, 0) is 0 Å². The lowest BCUT2D eigenvalue weighted by atomic mass is 9.94. The molecule has 9 heteroatoms. The number of pyridine rings is 2. The van der Waals surface area contributed by atoms with E-state index >= 15 is 0 Å². The van der Waals surface area contributed by atoms with Crippen LogP contribution in [0.2, 0.25) is 0 Å². The van der Waals surface area contributed by atoms with Crippen molar-refractivity contribution in [2.24, 2.45) is 0 Å². The third-order valence-electron chi connectivity index (χ3n) is 7.07. The van der Waals surface area contributed by atoms with Crippen molar-refractivity contribution in [1.29, 1.82) is 0 Å². The van der Waals surface area contributed by atoms with Crippen LogP contribution < -0.4 is 10.6 Å². The van der Waals surface area contributed by atoms with E-state index in [1.807, 2.05) is 32.3 Å². The monoisotopic (exact) mass is 498 g/mol. The van der Waals surface area contributed by atoms with E-state index in [0.717, 1.165) is 95.0 Å². The Morgan fingerprint density at radius 3 is 2.78 bits per heavy atom. The molecule has 190 valence electrons. The summed E-state index contributed by atoms with van der Waals surface area (Å²) in [6.45, 7) is 3.63. The zero-order valence-electron chi connectivity index (χ0n) is 21.1. The van der Waals surface area contributed by atoms with Crippen molar-refractivity contribution in [3.63, 3.8) is 0 Å². The fourth-order valence-corrected chi connectivity index (χ4v) is 5.12. The molecule has 0 radical (unpaired) electrons. The van der Waals surface area contributed by atoms with Crippen molar-refractivity contribution in [3.8, 4) is 22.5 Å². The third-order valence-corrected chi connectivity index (χ3v) is 7.07. The first-order chi connectivity index (χ1) is 18.0. The molecule has 5 heterocycles. The Hall–Kier alpha value is -3.82. The molecule has 0 atom stereocenters. The molecule has 1 aliphatic rings.